The monoisotopic (exact) mass is 380 g/mol. The number of nitrogens with zero attached hydrogens (tertiary/aromatic N) is 2. The van der Waals surface area contributed by atoms with Crippen molar-refractivity contribution in [3.05, 3.63) is 29.8 Å². The van der Waals surface area contributed by atoms with E-state index in [1.165, 1.54) is 4.90 Å². The fraction of sp³-hybridized carbons (Fsp3) is 0.471. The second-order valence-electron chi connectivity index (χ2n) is 5.82. The maximum Gasteiger partial charge on any atom is 0.344 e. The van der Waals surface area contributed by atoms with Crippen molar-refractivity contribution in [1.29, 1.82) is 5.26 Å². The van der Waals surface area contributed by atoms with Gasteiger partial charge in [-0.2, -0.15) is 5.26 Å². The number of likely N-dealkylation sites (N-methyl/N-ethyl adjacent to an activating group) is 1. The van der Waals surface area contributed by atoms with E-state index in [9.17, 15) is 18.0 Å². The molecule has 8 nitrogen and oxygen atoms in total. The summed E-state index contributed by atoms with van der Waals surface area (Å²) < 4.78 is 33.2. The molecule has 1 aromatic rings. The molecule has 0 aromatic heterocycles. The number of carbonyl (C=O) groups excluding carboxylic acids is 2. The average Bonchev–Trinajstić information content (AvgIpc) is 2.98. The lowest BCUT2D eigenvalue weighted by molar-refractivity contribution is -0.154. The van der Waals surface area contributed by atoms with E-state index in [0.717, 1.165) is 0 Å². The van der Waals surface area contributed by atoms with Gasteiger partial charge in [0, 0.05) is 12.6 Å². The van der Waals surface area contributed by atoms with E-state index in [-0.39, 0.29) is 24.2 Å². The molecule has 9 heteroatoms. The minimum atomic E-state index is -3.10. The molecule has 1 heterocycles. The summed E-state index contributed by atoms with van der Waals surface area (Å²) in [4.78, 5) is 25.3. The summed E-state index contributed by atoms with van der Waals surface area (Å²) in [7, 11) is -3.10. The van der Waals surface area contributed by atoms with E-state index >= 15 is 0 Å². The molecule has 0 saturated carbocycles. The van der Waals surface area contributed by atoms with E-state index in [0.29, 0.717) is 24.3 Å². The third-order valence-corrected chi connectivity index (χ3v) is 5.76. The van der Waals surface area contributed by atoms with Gasteiger partial charge in [0.05, 0.1) is 23.1 Å². The quantitative estimate of drug-likeness (QED) is 0.633. The lowest BCUT2D eigenvalue weighted by Crippen LogP contribution is -2.43. The molecule has 26 heavy (non-hydrogen) atoms. The number of carbonyl (C=O) groups is 2. The lowest BCUT2D eigenvalue weighted by Gasteiger charge is -2.26. The number of ether oxygens (including phenoxy) is 2. The van der Waals surface area contributed by atoms with Crippen molar-refractivity contribution >= 4 is 21.7 Å². The van der Waals surface area contributed by atoms with Gasteiger partial charge in [-0.05, 0) is 37.6 Å². The molecular weight excluding hydrogens is 360 g/mol. The van der Waals surface area contributed by atoms with Crippen molar-refractivity contribution in [1.82, 2.24) is 4.90 Å². The van der Waals surface area contributed by atoms with Crippen molar-refractivity contribution in [2.24, 2.45) is 0 Å². The maximum atomic E-state index is 12.2. The number of amides is 1. The van der Waals surface area contributed by atoms with Crippen LogP contribution in [0.25, 0.3) is 0 Å². The number of sulfone groups is 1. The van der Waals surface area contributed by atoms with Crippen LogP contribution < -0.4 is 4.74 Å². The average molecular weight is 380 g/mol. The Morgan fingerprint density at radius 1 is 1.27 bits per heavy atom. The van der Waals surface area contributed by atoms with Crippen LogP contribution in [0.15, 0.2) is 24.3 Å². The van der Waals surface area contributed by atoms with E-state index < -0.39 is 28.3 Å². The van der Waals surface area contributed by atoms with Gasteiger partial charge >= 0.3 is 5.97 Å². The van der Waals surface area contributed by atoms with Crippen LogP contribution in [0.3, 0.4) is 0 Å². The molecule has 1 fully saturated rings. The summed E-state index contributed by atoms with van der Waals surface area (Å²) in [6.45, 7) is 1.26. The number of benzene rings is 1. The first-order valence-corrected chi connectivity index (χ1v) is 9.95. The SMILES string of the molecule is CCN(C(=O)COC(=O)COc1ccc(C#N)cc1)[C@@H]1CCS(=O)(=O)C1. The van der Waals surface area contributed by atoms with Crippen LogP contribution in [-0.4, -0.2) is 62.5 Å². The minimum Gasteiger partial charge on any atom is -0.482 e. The minimum absolute atomic E-state index is 0.0532. The standard InChI is InChI=1S/C17H20N2O6S/c1-2-19(14-7-8-26(22,23)12-14)16(20)10-25-17(21)11-24-15-5-3-13(9-18)4-6-15/h3-6,14H,2,7-8,10-12H2,1H3/t14-/m1/s1. The molecule has 0 N–H and O–H groups in total. The van der Waals surface area contributed by atoms with Gasteiger partial charge in [0.2, 0.25) is 0 Å². The fourth-order valence-corrected chi connectivity index (χ4v) is 4.42. The van der Waals surface area contributed by atoms with E-state index in [4.69, 9.17) is 14.7 Å². The predicted molar refractivity (Wildman–Crippen MR) is 92.1 cm³/mol. The molecule has 0 unspecified atom stereocenters. The van der Waals surface area contributed by atoms with Crippen LogP contribution in [0.1, 0.15) is 18.9 Å². The highest BCUT2D eigenvalue weighted by Gasteiger charge is 2.34. The molecule has 1 saturated heterocycles. The topological polar surface area (TPSA) is 114 Å². The molecule has 0 spiro atoms. The van der Waals surface area contributed by atoms with Gasteiger partial charge in [0.1, 0.15) is 5.75 Å². The summed E-state index contributed by atoms with van der Waals surface area (Å²) in [6.07, 6.45) is 0.400. The Labute approximate surface area is 152 Å². The number of hydrogen-bond donors (Lipinski definition) is 0. The molecule has 1 aliphatic rings. The van der Waals surface area contributed by atoms with E-state index in [2.05, 4.69) is 0 Å². The number of esters is 1. The first kappa shape index (κ1) is 19.7. The van der Waals surface area contributed by atoms with E-state index in [1.807, 2.05) is 6.07 Å². The Balaban J connectivity index is 1.78. The predicted octanol–water partition coefficient (Wildman–Crippen LogP) is 0.516. The zero-order chi connectivity index (χ0) is 19.2. The van der Waals surface area contributed by atoms with Crippen LogP contribution in [0.5, 0.6) is 5.75 Å². The highest BCUT2D eigenvalue weighted by atomic mass is 32.2. The Bertz CT molecular complexity index is 798. The third kappa shape index (κ3) is 5.46. The van der Waals surface area contributed by atoms with Crippen LogP contribution in [0, 0.1) is 11.3 Å². The molecule has 0 aliphatic carbocycles. The normalized spacial score (nSPS) is 17.9. The zero-order valence-corrected chi connectivity index (χ0v) is 15.2. The van der Waals surface area contributed by atoms with Crippen molar-refractivity contribution in [2.45, 2.75) is 19.4 Å². The smallest absolute Gasteiger partial charge is 0.344 e. The van der Waals surface area contributed by atoms with Crippen LogP contribution in [-0.2, 0) is 24.2 Å². The number of nitriles is 1. The first-order chi connectivity index (χ1) is 12.3. The zero-order valence-electron chi connectivity index (χ0n) is 14.4. The summed E-state index contributed by atoms with van der Waals surface area (Å²) in [5.41, 5.74) is 0.471. The molecular formula is C17H20N2O6S. The molecule has 1 aliphatic heterocycles. The maximum absolute atomic E-state index is 12.2. The summed E-state index contributed by atoms with van der Waals surface area (Å²) in [5.74, 6) is -0.722. The molecule has 0 radical (unpaired) electrons. The molecule has 1 atom stereocenters. The molecule has 2 rings (SSSR count). The van der Waals surface area contributed by atoms with Gasteiger partial charge in [-0.25, -0.2) is 13.2 Å². The van der Waals surface area contributed by atoms with Gasteiger partial charge in [-0.1, -0.05) is 0 Å². The highest BCUT2D eigenvalue weighted by molar-refractivity contribution is 7.91. The highest BCUT2D eigenvalue weighted by Crippen LogP contribution is 2.18. The van der Waals surface area contributed by atoms with Crippen LogP contribution >= 0.6 is 0 Å². The molecule has 1 amide bonds. The van der Waals surface area contributed by atoms with Gasteiger partial charge in [-0.15, -0.1) is 0 Å². The van der Waals surface area contributed by atoms with Crippen molar-refractivity contribution in [3.63, 3.8) is 0 Å². The first-order valence-electron chi connectivity index (χ1n) is 8.13. The largest absolute Gasteiger partial charge is 0.482 e. The number of rotatable bonds is 7. The van der Waals surface area contributed by atoms with Gasteiger partial charge < -0.3 is 14.4 Å². The van der Waals surface area contributed by atoms with Crippen molar-refractivity contribution < 1.29 is 27.5 Å². The van der Waals surface area contributed by atoms with Gasteiger partial charge in [0.25, 0.3) is 5.91 Å². The second-order valence-corrected chi connectivity index (χ2v) is 8.05. The Hall–Kier alpha value is -2.60. The molecule has 140 valence electrons. The molecule has 0 bridgehead atoms. The third-order valence-electron chi connectivity index (χ3n) is 4.01. The fourth-order valence-electron chi connectivity index (χ4n) is 2.69. The Morgan fingerprint density at radius 2 is 1.96 bits per heavy atom. The lowest BCUT2D eigenvalue weighted by atomic mass is 10.2. The summed E-state index contributed by atoms with van der Waals surface area (Å²) in [5, 5.41) is 8.71. The second kappa shape index (κ2) is 8.67. The van der Waals surface area contributed by atoms with Crippen molar-refractivity contribution in [3.8, 4) is 11.8 Å². The van der Waals surface area contributed by atoms with Gasteiger partial charge in [0.15, 0.2) is 23.1 Å². The summed E-state index contributed by atoms with van der Waals surface area (Å²) in [6, 6.07) is 7.81. The van der Waals surface area contributed by atoms with Crippen molar-refractivity contribution in [2.75, 3.05) is 31.3 Å². The molecule has 1 aromatic carbocycles. The van der Waals surface area contributed by atoms with Crippen LogP contribution in [0.4, 0.5) is 0 Å². The van der Waals surface area contributed by atoms with E-state index in [1.54, 1.807) is 31.2 Å². The summed E-state index contributed by atoms with van der Waals surface area (Å²) >= 11 is 0. The Kier molecular flexibility index (Phi) is 6.58. The van der Waals surface area contributed by atoms with Gasteiger partial charge in [-0.3, -0.25) is 4.79 Å². The van der Waals surface area contributed by atoms with Crippen LogP contribution in [0.2, 0.25) is 0 Å². The Morgan fingerprint density at radius 3 is 2.50 bits per heavy atom. The number of hydrogen-bond acceptors (Lipinski definition) is 7.